The van der Waals surface area contributed by atoms with Gasteiger partial charge in [-0.15, -0.1) is 0 Å². The van der Waals surface area contributed by atoms with Crippen LogP contribution in [0.4, 0.5) is 5.82 Å². The minimum Gasteiger partial charge on any atom is -0.392 e. The Hall–Kier alpha value is -1.02. The fraction of sp³-hybridized carbons (Fsp3) is 0.571. The van der Waals surface area contributed by atoms with Gasteiger partial charge >= 0.3 is 0 Å². The van der Waals surface area contributed by atoms with Crippen LogP contribution in [0.25, 0.3) is 0 Å². The van der Waals surface area contributed by atoms with Gasteiger partial charge in [0.2, 0.25) is 5.91 Å². The van der Waals surface area contributed by atoms with E-state index in [4.69, 9.17) is 0 Å². The minimum absolute atomic E-state index is 0.109. The second kappa shape index (κ2) is 7.31. The summed E-state index contributed by atoms with van der Waals surface area (Å²) in [6.45, 7) is 1.65. The minimum atomic E-state index is -0.353. The molecule has 2 atom stereocenters. The molecule has 6 nitrogen and oxygen atoms in total. The van der Waals surface area contributed by atoms with E-state index in [-0.39, 0.29) is 24.6 Å². The molecule has 1 aromatic rings. The van der Waals surface area contributed by atoms with Gasteiger partial charge in [0.25, 0.3) is 0 Å². The van der Waals surface area contributed by atoms with E-state index in [1.54, 1.807) is 12.3 Å². The molecule has 2 unspecified atom stereocenters. The normalized spacial score (nSPS) is 22.7. The van der Waals surface area contributed by atoms with Gasteiger partial charge in [0.1, 0.15) is 5.82 Å². The number of likely N-dealkylation sites (N-methyl/N-ethyl adjacent to an activating group) is 1. The van der Waals surface area contributed by atoms with Crippen molar-refractivity contribution in [3.8, 4) is 0 Å². The van der Waals surface area contributed by atoms with Crippen LogP contribution in [0.5, 0.6) is 0 Å². The van der Waals surface area contributed by atoms with E-state index >= 15 is 0 Å². The number of aromatic nitrogens is 1. The maximum absolute atomic E-state index is 12.1. The van der Waals surface area contributed by atoms with Crippen molar-refractivity contribution in [1.82, 2.24) is 14.8 Å². The summed E-state index contributed by atoms with van der Waals surface area (Å²) in [6, 6.07) is 3.79. The molecule has 1 fully saturated rings. The van der Waals surface area contributed by atoms with Gasteiger partial charge in [-0.1, -0.05) is 0 Å². The number of rotatable bonds is 5. The smallest absolute Gasteiger partial charge is 0.239 e. The number of carbonyl (C=O) groups is 1. The van der Waals surface area contributed by atoms with E-state index < -0.39 is 0 Å². The van der Waals surface area contributed by atoms with Gasteiger partial charge in [-0.3, -0.25) is 9.69 Å². The molecule has 116 valence electrons. The quantitative estimate of drug-likeness (QED) is 0.815. The lowest BCUT2D eigenvalue weighted by Crippen LogP contribution is -2.41. The average molecular weight is 357 g/mol. The number of nitrogens with one attached hydrogen (secondary N) is 1. The van der Waals surface area contributed by atoms with Gasteiger partial charge in [-0.05, 0) is 48.6 Å². The zero-order chi connectivity index (χ0) is 15.4. The maximum atomic E-state index is 12.1. The van der Waals surface area contributed by atoms with Crippen LogP contribution in [-0.4, -0.2) is 71.7 Å². The van der Waals surface area contributed by atoms with Crippen LogP contribution in [0.3, 0.4) is 0 Å². The van der Waals surface area contributed by atoms with Crippen molar-refractivity contribution in [2.24, 2.45) is 0 Å². The average Bonchev–Trinajstić information content (AvgIpc) is 2.71. The van der Waals surface area contributed by atoms with Gasteiger partial charge in [0.05, 0.1) is 12.6 Å². The highest BCUT2D eigenvalue weighted by atomic mass is 79.9. The molecule has 0 radical (unpaired) electrons. The molecule has 7 heteroatoms. The fourth-order valence-electron chi connectivity index (χ4n) is 2.58. The molecule has 0 aromatic carbocycles. The molecule has 2 N–H and O–H groups in total. The first kappa shape index (κ1) is 16.4. The molecule has 0 saturated carbocycles. The Bertz CT molecular complexity index is 480. The van der Waals surface area contributed by atoms with Crippen molar-refractivity contribution in [3.63, 3.8) is 0 Å². The van der Waals surface area contributed by atoms with Crippen molar-refractivity contribution in [2.75, 3.05) is 39.0 Å². The highest BCUT2D eigenvalue weighted by Crippen LogP contribution is 2.18. The summed E-state index contributed by atoms with van der Waals surface area (Å²) in [6.07, 6.45) is 2.00. The number of hydrogen-bond donors (Lipinski definition) is 2. The van der Waals surface area contributed by atoms with Crippen molar-refractivity contribution in [1.29, 1.82) is 0 Å². The van der Waals surface area contributed by atoms with Crippen LogP contribution in [0.1, 0.15) is 6.42 Å². The van der Waals surface area contributed by atoms with Crippen LogP contribution >= 0.6 is 15.9 Å². The Morgan fingerprint density at radius 1 is 1.57 bits per heavy atom. The summed E-state index contributed by atoms with van der Waals surface area (Å²) in [5.74, 6) is 0.426. The number of likely N-dealkylation sites (tertiary alicyclic amines) is 1. The molecule has 1 aliphatic heterocycles. The van der Waals surface area contributed by atoms with Crippen LogP contribution in [0.15, 0.2) is 22.8 Å². The van der Waals surface area contributed by atoms with E-state index in [1.165, 1.54) is 0 Å². The lowest BCUT2D eigenvalue weighted by molar-refractivity contribution is -0.117. The monoisotopic (exact) mass is 356 g/mol. The number of nitrogens with zero attached hydrogens (tertiary/aromatic N) is 3. The van der Waals surface area contributed by atoms with E-state index in [1.807, 2.05) is 25.1 Å². The van der Waals surface area contributed by atoms with Crippen molar-refractivity contribution in [2.45, 2.75) is 18.6 Å². The zero-order valence-electron chi connectivity index (χ0n) is 12.3. The number of halogens is 1. The molecule has 0 aliphatic carbocycles. The first-order valence-corrected chi connectivity index (χ1v) is 7.71. The number of β-amino-alcohol motifs (C(OH)–C–C–N with tert-alkyl or cyclic N) is 1. The molecule has 2 heterocycles. The molecule has 2 rings (SSSR count). The van der Waals surface area contributed by atoms with E-state index in [0.717, 1.165) is 11.0 Å². The second-order valence-electron chi connectivity index (χ2n) is 5.64. The van der Waals surface area contributed by atoms with Crippen LogP contribution in [0.2, 0.25) is 0 Å². The van der Waals surface area contributed by atoms with Gasteiger partial charge in [0.15, 0.2) is 0 Å². The van der Waals surface area contributed by atoms with E-state index in [9.17, 15) is 9.90 Å². The molecule has 0 spiro atoms. The molecule has 1 aromatic heterocycles. The molecular formula is C14H21BrN4O2. The first-order chi connectivity index (χ1) is 9.94. The summed E-state index contributed by atoms with van der Waals surface area (Å²) in [7, 11) is 3.99. The molecule has 1 aliphatic rings. The number of carbonyl (C=O) groups excluding carboxylic acids is 1. The van der Waals surface area contributed by atoms with Crippen LogP contribution in [-0.2, 0) is 4.79 Å². The Morgan fingerprint density at radius 2 is 2.33 bits per heavy atom. The summed E-state index contributed by atoms with van der Waals surface area (Å²) in [5, 5.41) is 12.6. The second-order valence-corrected chi connectivity index (χ2v) is 6.56. The van der Waals surface area contributed by atoms with Gasteiger partial charge in [-0.2, -0.15) is 0 Å². The SMILES string of the molecule is CN(C)CC1CC(O)CN1CC(=O)Nc1ccc(Br)cn1. The highest BCUT2D eigenvalue weighted by Gasteiger charge is 2.32. The molecule has 1 amide bonds. The predicted octanol–water partition coefficient (Wildman–Crippen LogP) is 0.779. The number of amides is 1. The third-order valence-electron chi connectivity index (χ3n) is 3.42. The van der Waals surface area contributed by atoms with Gasteiger partial charge in [-0.25, -0.2) is 4.98 Å². The van der Waals surface area contributed by atoms with Crippen LogP contribution < -0.4 is 5.32 Å². The Labute approximate surface area is 133 Å². The van der Waals surface area contributed by atoms with Gasteiger partial charge < -0.3 is 15.3 Å². The largest absolute Gasteiger partial charge is 0.392 e. The Morgan fingerprint density at radius 3 is 2.95 bits per heavy atom. The Balaban J connectivity index is 1.90. The topological polar surface area (TPSA) is 68.7 Å². The number of aliphatic hydroxyl groups is 1. The van der Waals surface area contributed by atoms with E-state index in [2.05, 4.69) is 31.1 Å². The van der Waals surface area contributed by atoms with E-state index in [0.29, 0.717) is 18.8 Å². The summed E-state index contributed by atoms with van der Waals surface area (Å²) >= 11 is 3.30. The molecule has 21 heavy (non-hydrogen) atoms. The first-order valence-electron chi connectivity index (χ1n) is 6.92. The number of hydrogen-bond acceptors (Lipinski definition) is 5. The summed E-state index contributed by atoms with van der Waals surface area (Å²) in [5.41, 5.74) is 0. The standard InChI is InChI=1S/C14H21BrN4O2/c1-18(2)7-11-5-12(20)8-19(11)9-14(21)17-13-4-3-10(15)6-16-13/h3-4,6,11-12,20H,5,7-9H2,1-2H3,(H,16,17,21). The van der Waals surface area contributed by atoms with Crippen LogP contribution in [0, 0.1) is 0 Å². The summed E-state index contributed by atoms with van der Waals surface area (Å²) in [4.78, 5) is 20.3. The Kier molecular flexibility index (Phi) is 5.69. The predicted molar refractivity (Wildman–Crippen MR) is 85.1 cm³/mol. The number of aliphatic hydroxyl groups excluding tert-OH is 1. The van der Waals surface area contributed by atoms with Crippen molar-refractivity contribution in [3.05, 3.63) is 22.8 Å². The third-order valence-corrected chi connectivity index (χ3v) is 3.89. The lowest BCUT2D eigenvalue weighted by Gasteiger charge is -2.25. The third kappa shape index (κ3) is 5.03. The number of anilines is 1. The zero-order valence-corrected chi connectivity index (χ0v) is 13.9. The molecular weight excluding hydrogens is 336 g/mol. The van der Waals surface area contributed by atoms with Crippen molar-refractivity contribution < 1.29 is 9.90 Å². The lowest BCUT2D eigenvalue weighted by atomic mass is 10.2. The fourth-order valence-corrected chi connectivity index (χ4v) is 2.81. The molecule has 0 bridgehead atoms. The van der Waals surface area contributed by atoms with Crippen molar-refractivity contribution >= 4 is 27.7 Å². The molecule has 1 saturated heterocycles. The summed E-state index contributed by atoms with van der Waals surface area (Å²) < 4.78 is 0.870. The highest BCUT2D eigenvalue weighted by molar-refractivity contribution is 9.10. The van der Waals surface area contributed by atoms with Gasteiger partial charge in [0, 0.05) is 29.8 Å². The number of pyridine rings is 1. The maximum Gasteiger partial charge on any atom is 0.239 e.